The Labute approximate surface area is 182 Å². The number of rotatable bonds is 11. The number of nitrogens with zero attached hydrogens (tertiary/aromatic N) is 2. The predicted octanol–water partition coefficient (Wildman–Crippen LogP) is 3.10. The van der Waals surface area contributed by atoms with E-state index in [4.69, 9.17) is 9.47 Å². The largest absolute Gasteiger partial charge is 0.497 e. The van der Waals surface area contributed by atoms with Crippen LogP contribution in [0.1, 0.15) is 11.1 Å². The first-order valence-corrected chi connectivity index (χ1v) is 9.84. The summed E-state index contributed by atoms with van der Waals surface area (Å²) in [4.78, 5) is 6.25. The van der Waals surface area contributed by atoms with E-state index in [0.29, 0.717) is 30.4 Å². The lowest BCUT2D eigenvalue weighted by Gasteiger charge is -2.17. The zero-order valence-electron chi connectivity index (χ0n) is 18.3. The smallest absolute Gasteiger partial charge is 0.387 e. The number of hydrogen-bond donors (Lipinski definition) is 2. The molecule has 31 heavy (non-hydrogen) atoms. The second-order valence-corrected chi connectivity index (χ2v) is 6.89. The Morgan fingerprint density at radius 1 is 1.03 bits per heavy atom. The molecule has 2 aromatic carbocycles. The minimum absolute atomic E-state index is 0.0818. The van der Waals surface area contributed by atoms with Crippen LogP contribution in [0.15, 0.2) is 47.5 Å². The Balaban J connectivity index is 1.98. The summed E-state index contributed by atoms with van der Waals surface area (Å²) in [6.45, 7) is -0.807. The average Bonchev–Trinajstić information content (AvgIpc) is 2.75. The van der Waals surface area contributed by atoms with Crippen molar-refractivity contribution in [2.75, 3.05) is 41.4 Å². The number of hydrogen-bond acceptors (Lipinski definition) is 5. The highest BCUT2D eigenvalue weighted by Crippen LogP contribution is 2.25. The van der Waals surface area contributed by atoms with Gasteiger partial charge in [0.1, 0.15) is 23.9 Å². The number of nitrogens with one attached hydrogen (secondary N) is 2. The van der Waals surface area contributed by atoms with Crippen molar-refractivity contribution in [3.05, 3.63) is 53.6 Å². The van der Waals surface area contributed by atoms with Gasteiger partial charge in [0.25, 0.3) is 0 Å². The first-order chi connectivity index (χ1) is 14.9. The van der Waals surface area contributed by atoms with Crippen LogP contribution in [-0.4, -0.2) is 58.9 Å². The van der Waals surface area contributed by atoms with E-state index in [-0.39, 0.29) is 12.3 Å². The number of ether oxygens (including phenoxy) is 3. The van der Waals surface area contributed by atoms with Crippen molar-refractivity contribution in [2.45, 2.75) is 19.7 Å². The SMILES string of the molecule is CN=C(NCc1ccccc1OCCN(C)C)NCc1cc(OC)ccc1OC(F)F. The third-order valence-corrected chi connectivity index (χ3v) is 4.37. The Bertz CT molecular complexity index is 847. The molecule has 170 valence electrons. The molecule has 0 spiro atoms. The van der Waals surface area contributed by atoms with Gasteiger partial charge in [0.15, 0.2) is 5.96 Å². The van der Waals surface area contributed by atoms with Crippen molar-refractivity contribution in [1.82, 2.24) is 15.5 Å². The standard InChI is InChI=1S/C22H30F2N4O3/c1-25-22(26-14-16-7-5-6-8-19(16)30-12-11-28(2)3)27-15-17-13-18(29-4)9-10-20(17)31-21(23)24/h5-10,13,21H,11-12,14-15H2,1-4H3,(H2,25,26,27). The molecule has 0 heterocycles. The molecule has 0 unspecified atom stereocenters. The van der Waals surface area contributed by atoms with Crippen molar-refractivity contribution >= 4 is 5.96 Å². The highest BCUT2D eigenvalue weighted by molar-refractivity contribution is 5.79. The van der Waals surface area contributed by atoms with Crippen molar-refractivity contribution in [1.29, 1.82) is 0 Å². The first kappa shape index (κ1) is 24.2. The molecule has 2 N–H and O–H groups in total. The molecule has 0 aromatic heterocycles. The van der Waals surface area contributed by atoms with Gasteiger partial charge in [0.2, 0.25) is 0 Å². The molecule has 0 aliphatic carbocycles. The van der Waals surface area contributed by atoms with Gasteiger partial charge < -0.3 is 29.7 Å². The Morgan fingerprint density at radius 3 is 2.39 bits per heavy atom. The van der Waals surface area contributed by atoms with Crippen molar-refractivity contribution in [3.63, 3.8) is 0 Å². The van der Waals surface area contributed by atoms with E-state index in [1.807, 2.05) is 38.4 Å². The lowest BCUT2D eigenvalue weighted by molar-refractivity contribution is -0.0505. The molecular formula is C22H30F2N4O3. The number of para-hydroxylation sites is 1. The van der Waals surface area contributed by atoms with E-state index in [2.05, 4.69) is 25.3 Å². The number of benzene rings is 2. The quantitative estimate of drug-likeness (QED) is 0.417. The maximum Gasteiger partial charge on any atom is 0.387 e. The van der Waals surface area contributed by atoms with Crippen LogP contribution >= 0.6 is 0 Å². The second kappa shape index (κ2) is 12.6. The van der Waals surface area contributed by atoms with Gasteiger partial charge in [-0.1, -0.05) is 18.2 Å². The molecule has 2 rings (SSSR count). The normalized spacial score (nSPS) is 11.5. The summed E-state index contributed by atoms with van der Waals surface area (Å²) >= 11 is 0. The van der Waals surface area contributed by atoms with Gasteiger partial charge in [0.05, 0.1) is 7.11 Å². The van der Waals surface area contributed by atoms with E-state index in [9.17, 15) is 8.78 Å². The molecule has 7 nitrogen and oxygen atoms in total. The molecule has 0 bridgehead atoms. The number of halogens is 2. The van der Waals surface area contributed by atoms with Gasteiger partial charge in [-0.2, -0.15) is 8.78 Å². The van der Waals surface area contributed by atoms with Crippen LogP contribution < -0.4 is 24.8 Å². The fourth-order valence-corrected chi connectivity index (χ4v) is 2.74. The van der Waals surface area contributed by atoms with E-state index >= 15 is 0 Å². The minimum atomic E-state index is -2.91. The van der Waals surface area contributed by atoms with Gasteiger partial charge in [-0.3, -0.25) is 4.99 Å². The first-order valence-electron chi connectivity index (χ1n) is 9.84. The zero-order chi connectivity index (χ0) is 22.6. The molecule has 0 saturated heterocycles. The zero-order valence-corrected chi connectivity index (χ0v) is 18.3. The van der Waals surface area contributed by atoms with E-state index in [1.54, 1.807) is 19.2 Å². The third kappa shape index (κ3) is 8.29. The molecule has 0 aliphatic heterocycles. The molecule has 0 radical (unpaired) electrons. The van der Waals surface area contributed by atoms with Crippen LogP contribution in [-0.2, 0) is 13.1 Å². The number of methoxy groups -OCH3 is 1. The van der Waals surface area contributed by atoms with Crippen LogP contribution in [0.3, 0.4) is 0 Å². The Morgan fingerprint density at radius 2 is 1.74 bits per heavy atom. The molecule has 2 aromatic rings. The second-order valence-electron chi connectivity index (χ2n) is 6.89. The Kier molecular flexibility index (Phi) is 9.83. The number of likely N-dealkylation sites (N-methyl/N-ethyl adjacent to an activating group) is 1. The molecule has 0 fully saturated rings. The third-order valence-electron chi connectivity index (χ3n) is 4.37. The van der Waals surface area contributed by atoms with E-state index in [1.165, 1.54) is 13.2 Å². The minimum Gasteiger partial charge on any atom is -0.497 e. The number of alkyl halides is 2. The molecule has 0 atom stereocenters. The van der Waals surface area contributed by atoms with E-state index in [0.717, 1.165) is 17.9 Å². The fraction of sp³-hybridized carbons (Fsp3) is 0.409. The van der Waals surface area contributed by atoms with Gasteiger partial charge in [-0.25, -0.2) is 0 Å². The Hall–Kier alpha value is -3.07. The summed E-state index contributed by atoms with van der Waals surface area (Å²) in [7, 11) is 7.13. The van der Waals surface area contributed by atoms with Gasteiger partial charge in [-0.05, 0) is 38.4 Å². The highest BCUT2D eigenvalue weighted by Gasteiger charge is 2.12. The summed E-state index contributed by atoms with van der Waals surface area (Å²) in [6, 6.07) is 12.4. The molecular weight excluding hydrogens is 406 g/mol. The van der Waals surface area contributed by atoms with Crippen LogP contribution in [0.25, 0.3) is 0 Å². The van der Waals surface area contributed by atoms with Crippen molar-refractivity contribution in [2.24, 2.45) is 4.99 Å². The van der Waals surface area contributed by atoms with E-state index < -0.39 is 6.61 Å². The summed E-state index contributed by atoms with van der Waals surface area (Å²) in [5.74, 6) is 1.94. The molecule has 0 amide bonds. The van der Waals surface area contributed by atoms with Crippen molar-refractivity contribution < 1.29 is 23.0 Å². The maximum atomic E-state index is 12.7. The van der Waals surface area contributed by atoms with Gasteiger partial charge in [0, 0.05) is 37.8 Å². The molecule has 0 aliphatic rings. The van der Waals surface area contributed by atoms with Gasteiger partial charge in [-0.15, -0.1) is 0 Å². The highest BCUT2D eigenvalue weighted by atomic mass is 19.3. The topological polar surface area (TPSA) is 67.4 Å². The lowest BCUT2D eigenvalue weighted by Crippen LogP contribution is -2.36. The van der Waals surface area contributed by atoms with Crippen LogP contribution in [0.4, 0.5) is 8.78 Å². The van der Waals surface area contributed by atoms with Crippen LogP contribution in [0.5, 0.6) is 17.2 Å². The predicted molar refractivity (Wildman–Crippen MR) is 117 cm³/mol. The maximum absolute atomic E-state index is 12.7. The summed E-state index contributed by atoms with van der Waals surface area (Å²) in [6.07, 6.45) is 0. The molecule has 9 heteroatoms. The number of guanidine groups is 1. The van der Waals surface area contributed by atoms with Gasteiger partial charge >= 0.3 is 6.61 Å². The monoisotopic (exact) mass is 436 g/mol. The van der Waals surface area contributed by atoms with Crippen molar-refractivity contribution in [3.8, 4) is 17.2 Å². The summed E-state index contributed by atoms with van der Waals surface area (Å²) in [5, 5.41) is 6.32. The summed E-state index contributed by atoms with van der Waals surface area (Å²) in [5.41, 5.74) is 1.50. The lowest BCUT2D eigenvalue weighted by atomic mass is 10.2. The number of aliphatic imine (C=N–C) groups is 1. The molecule has 0 saturated carbocycles. The fourth-order valence-electron chi connectivity index (χ4n) is 2.74. The van der Waals surface area contributed by atoms with Crippen LogP contribution in [0.2, 0.25) is 0 Å². The average molecular weight is 437 g/mol. The summed E-state index contributed by atoms with van der Waals surface area (Å²) < 4.78 is 41.1. The van der Waals surface area contributed by atoms with Crippen LogP contribution in [0, 0.1) is 0 Å².